The largest absolute Gasteiger partial charge is 0.497 e. The van der Waals surface area contributed by atoms with E-state index < -0.39 is 0 Å². The molecule has 0 saturated heterocycles. The number of hydrogen-bond acceptors (Lipinski definition) is 14. The molecule has 1 heterocycles. The quantitative estimate of drug-likeness (QED) is 0.0772. The van der Waals surface area contributed by atoms with Crippen LogP contribution in [0.2, 0.25) is 0 Å². The first-order valence-corrected chi connectivity index (χ1v) is 47.2. The molecule has 0 radical (unpaired) electrons. The molecule has 1 N–H and O–H groups in total. The van der Waals surface area contributed by atoms with E-state index in [9.17, 15) is 4.79 Å². The van der Waals surface area contributed by atoms with Crippen LogP contribution in [0, 0.1) is 72.5 Å². The highest BCUT2D eigenvalue weighted by Gasteiger charge is 2.31. The van der Waals surface area contributed by atoms with Gasteiger partial charge < -0.3 is 66.7 Å². The second-order valence-electron chi connectivity index (χ2n) is 51.3. The van der Waals surface area contributed by atoms with Crippen LogP contribution in [0.15, 0.2) is 95.4 Å². The number of ether oxygens (including phenoxy) is 11. The van der Waals surface area contributed by atoms with Gasteiger partial charge in [0.25, 0.3) is 5.91 Å². The van der Waals surface area contributed by atoms with Crippen LogP contribution in [-0.4, -0.2) is 102 Å². The third kappa shape index (κ3) is 44.6. The van der Waals surface area contributed by atoms with Gasteiger partial charge in [-0.25, -0.2) is 0 Å². The maximum Gasteiger partial charge on any atom is 0.287 e. The maximum atomic E-state index is 11.8. The Morgan fingerprint density at radius 1 is 0.305 bits per heavy atom. The Morgan fingerprint density at radius 3 is 1.04 bits per heavy atom. The molecule has 7 rings (SSSR count). The van der Waals surface area contributed by atoms with Gasteiger partial charge >= 0.3 is 0 Å². The van der Waals surface area contributed by atoms with Gasteiger partial charge in [-0.1, -0.05) is 303 Å². The first kappa shape index (κ1) is 121. The van der Waals surface area contributed by atoms with Crippen molar-refractivity contribution in [2.75, 3.05) is 101 Å². The monoisotopic (exact) mass is 1820 g/mol. The SMILES string of the molecule is CC(C)(C)CNC(=O)c1ccc(C(C)(C)C)o1.COc1cc(C(C)(C)C)cc(OC)c1OCC(C)(C)C.COc1cc(C)c(C(C)(C)C)c(OCC(C)(C)C)c1.COc1cc(N(C)CC(C)(C)C)cc(C)c1C(C)(C)C.COc1cc(OCC(C)(C)C)cc(C)c1C(C)(C)C.COc1ccc(C(C)(C)C)c(C)c1OCC(C)(C)C.Cc1cc(OCC(C)(C)C)ccc1C(C)(C)C. The predicted molar refractivity (Wildman–Crippen MR) is 561 cm³/mol. The van der Waals surface area contributed by atoms with Crippen LogP contribution >= 0.6 is 0 Å². The number of benzene rings is 6. The van der Waals surface area contributed by atoms with Gasteiger partial charge in [-0.3, -0.25) is 4.79 Å². The van der Waals surface area contributed by atoms with Crippen molar-refractivity contribution in [1.29, 1.82) is 0 Å². The number of aryl methyl sites for hydroxylation is 4. The molecule has 6 aromatic carbocycles. The van der Waals surface area contributed by atoms with E-state index in [0.717, 1.165) is 82.0 Å². The molecule has 0 spiro atoms. The molecular weight excluding hydrogens is 1630 g/mol. The first-order chi connectivity index (χ1) is 58.9. The zero-order valence-electron chi connectivity index (χ0n) is 93.9. The fourth-order valence-electron chi connectivity index (χ4n) is 14.3. The topological polar surface area (TPSA) is 147 Å². The standard InChI is InChI=1S/C18H31NO.C17H28O3.3C17H28O2.C16H26O.C14H23NO2/c1-13-10-14(19(8)12-17(2,3)4)11-15(20-9)16(13)18(5,6)7;1-16(2,3)11-20-15-13(18-7)9-12(17(4,5)6)10-14(15)19-8;1-12-9-13(19-11-16(2,3)4)10-14(18-8)15(12)17(5,6)7;1-12-9-13(18-8)10-14(15(12)17(5,6)7)19-11-16(2,3)4;1-12-13(17(5,6)7)9-10-14(18-8)15(12)19-11-16(2,3)4;1-12-10-13(17-11-15(2,3)4)8-9-14(12)16(5,6)7;1-13(2,3)9-15-12(16)10-7-8-11(17-10)14(4,5)6/h10-11H,12H2,1-9H3;9-10H,11H2,1-8H3;3*9-10H,11H2,1-8H3;8-10H,11H2,1-7H3;7-8H,9H2,1-6H3,(H,15,16). The van der Waals surface area contributed by atoms with E-state index in [4.69, 9.17) is 56.5 Å². The molecule has 0 fully saturated rings. The highest BCUT2D eigenvalue weighted by molar-refractivity contribution is 5.91. The second-order valence-corrected chi connectivity index (χ2v) is 51.3. The van der Waals surface area contributed by atoms with Gasteiger partial charge in [-0.2, -0.15) is 0 Å². The molecule has 744 valence electrons. The minimum atomic E-state index is -0.143. The third-order valence-electron chi connectivity index (χ3n) is 20.3. The number of nitrogens with one attached hydrogen (secondary N) is 1. The van der Waals surface area contributed by atoms with Crippen LogP contribution in [0.25, 0.3) is 0 Å². The molecular formula is C116H192N2O13. The lowest BCUT2D eigenvalue weighted by Crippen LogP contribution is -2.32. The van der Waals surface area contributed by atoms with Crippen molar-refractivity contribution in [3.05, 3.63) is 164 Å². The molecule has 0 unspecified atom stereocenters. The Hall–Kier alpha value is -8.33. The summed E-state index contributed by atoms with van der Waals surface area (Å²) in [5.41, 5.74) is 16.7. The molecule has 0 atom stereocenters. The Morgan fingerprint density at radius 2 is 0.672 bits per heavy atom. The molecule has 15 nitrogen and oxygen atoms in total. The Labute approximate surface area is 802 Å². The number of rotatable bonds is 20. The number of amides is 1. The maximum absolute atomic E-state index is 11.8. The minimum Gasteiger partial charge on any atom is -0.497 e. The summed E-state index contributed by atoms with van der Waals surface area (Å²) < 4.78 is 68.3. The van der Waals surface area contributed by atoms with Crippen molar-refractivity contribution in [2.45, 2.75) is 363 Å². The van der Waals surface area contributed by atoms with Crippen LogP contribution in [-0.2, 0) is 37.9 Å². The lowest BCUT2D eigenvalue weighted by Gasteiger charge is -2.31. The van der Waals surface area contributed by atoms with E-state index in [-0.39, 0.29) is 81.7 Å². The van der Waals surface area contributed by atoms with Gasteiger partial charge in [0.1, 0.15) is 40.3 Å². The fraction of sp³-hybridized carbons (Fsp3) is 0.647. The van der Waals surface area contributed by atoms with E-state index in [1.54, 1.807) is 48.7 Å². The van der Waals surface area contributed by atoms with Gasteiger partial charge in [0.15, 0.2) is 28.8 Å². The summed E-state index contributed by atoms with van der Waals surface area (Å²) in [4.78, 5) is 14.1. The molecule has 0 saturated carbocycles. The van der Waals surface area contributed by atoms with Crippen LogP contribution in [0.3, 0.4) is 0 Å². The molecule has 7 aromatic rings. The fourth-order valence-corrected chi connectivity index (χ4v) is 14.3. The Balaban J connectivity index is 0.000000765. The first-order valence-electron chi connectivity index (χ1n) is 47.2. The summed E-state index contributed by atoms with van der Waals surface area (Å²) in [7, 11) is 12.3. The lowest BCUT2D eigenvalue weighted by molar-refractivity contribution is 0.0908. The normalized spacial score (nSPS) is 12.4. The molecule has 0 aliphatic rings. The zero-order chi connectivity index (χ0) is 102. The Kier molecular flexibility index (Phi) is 44.4. The molecule has 1 aromatic heterocycles. The number of carbonyl (C=O) groups excluding carboxylic acids is 1. The van der Waals surface area contributed by atoms with Crippen molar-refractivity contribution < 1.29 is 61.3 Å². The summed E-state index contributed by atoms with van der Waals surface area (Å²) in [6.45, 7) is 107. The molecule has 15 heteroatoms. The molecule has 131 heavy (non-hydrogen) atoms. The predicted octanol–water partition coefficient (Wildman–Crippen LogP) is 31.5. The van der Waals surface area contributed by atoms with E-state index in [2.05, 4.69) is 391 Å². The van der Waals surface area contributed by atoms with E-state index in [1.807, 2.05) is 36.4 Å². The highest BCUT2D eigenvalue weighted by atomic mass is 16.5. The van der Waals surface area contributed by atoms with Gasteiger partial charge in [0.05, 0.1) is 75.7 Å². The smallest absolute Gasteiger partial charge is 0.287 e. The number of anilines is 1. The number of hydrogen-bond donors (Lipinski definition) is 1. The summed E-state index contributed by atoms with van der Waals surface area (Å²) in [6, 6.07) is 30.8. The van der Waals surface area contributed by atoms with Crippen LogP contribution in [0.4, 0.5) is 5.69 Å². The number of nitrogens with zero attached hydrogens (tertiary/aromatic N) is 1. The summed E-state index contributed by atoms with van der Waals surface area (Å²) in [5, 5.41) is 2.87. The van der Waals surface area contributed by atoms with Crippen molar-refractivity contribution in [3.63, 3.8) is 0 Å². The van der Waals surface area contributed by atoms with Crippen molar-refractivity contribution >= 4 is 11.6 Å². The minimum absolute atomic E-state index is 0.0309. The Bertz CT molecular complexity index is 4620. The number of carbonyl (C=O) groups is 1. The number of methoxy groups -OCH3 is 6. The lowest BCUT2D eigenvalue weighted by atomic mass is 9.83. The average molecular weight is 1820 g/mol. The van der Waals surface area contributed by atoms with E-state index in [0.29, 0.717) is 44.5 Å². The molecule has 0 aliphatic carbocycles. The van der Waals surface area contributed by atoms with Gasteiger partial charge in [0, 0.05) is 66.1 Å². The van der Waals surface area contributed by atoms with Crippen LogP contribution < -0.4 is 62.3 Å². The molecule has 0 aliphatic heterocycles. The van der Waals surface area contributed by atoms with Crippen LogP contribution in [0.1, 0.15) is 368 Å². The summed E-state index contributed by atoms with van der Waals surface area (Å²) in [5.74, 6) is 10.5. The average Bonchev–Trinajstić information content (AvgIpc) is 1.81. The summed E-state index contributed by atoms with van der Waals surface area (Å²) in [6.07, 6.45) is 0. The van der Waals surface area contributed by atoms with Crippen molar-refractivity contribution in [3.8, 4) is 63.2 Å². The number of furan rings is 1. The van der Waals surface area contributed by atoms with E-state index >= 15 is 0 Å². The summed E-state index contributed by atoms with van der Waals surface area (Å²) >= 11 is 0. The van der Waals surface area contributed by atoms with Gasteiger partial charge in [0.2, 0.25) is 5.75 Å². The van der Waals surface area contributed by atoms with Crippen molar-refractivity contribution in [2.24, 2.45) is 37.9 Å². The third-order valence-corrected chi connectivity index (χ3v) is 20.3. The van der Waals surface area contributed by atoms with E-state index in [1.165, 1.54) is 61.3 Å². The van der Waals surface area contributed by atoms with Crippen molar-refractivity contribution in [1.82, 2.24) is 5.32 Å². The van der Waals surface area contributed by atoms with Crippen LogP contribution in [0.5, 0.6) is 63.2 Å². The van der Waals surface area contributed by atoms with Gasteiger partial charge in [-0.15, -0.1) is 0 Å². The zero-order valence-corrected chi connectivity index (χ0v) is 93.9. The van der Waals surface area contributed by atoms with Gasteiger partial charge in [-0.05, 0) is 210 Å². The second kappa shape index (κ2) is 48.2. The highest BCUT2D eigenvalue weighted by Crippen LogP contribution is 2.46. The molecule has 0 bridgehead atoms. The molecule has 1 amide bonds.